The van der Waals surface area contributed by atoms with E-state index in [1.54, 1.807) is 24.3 Å². The van der Waals surface area contributed by atoms with Crippen LogP contribution < -0.4 is 4.99 Å². The fourth-order valence-electron chi connectivity index (χ4n) is 1.58. The number of nitrogens with one attached hydrogen (secondary N) is 1. The molecule has 4 nitrogen and oxygen atoms in total. The average Bonchev–Trinajstić information content (AvgIpc) is 2.33. The van der Waals surface area contributed by atoms with Crippen LogP contribution in [0.15, 0.2) is 41.8 Å². The first kappa shape index (κ1) is 10.6. The highest BCUT2D eigenvalue weighted by atomic mass is 16.3. The Morgan fingerprint density at radius 3 is 2.62 bits per heavy atom. The van der Waals surface area contributed by atoms with E-state index < -0.39 is 6.10 Å². The van der Waals surface area contributed by atoms with Gasteiger partial charge in [-0.3, -0.25) is 4.79 Å². The maximum absolute atomic E-state index is 11.3. The molecule has 1 aliphatic heterocycles. The Balaban J connectivity index is 2.36. The van der Waals surface area contributed by atoms with Crippen molar-refractivity contribution in [2.45, 2.75) is 12.5 Å². The number of benzene rings is 1. The Morgan fingerprint density at radius 1 is 1.25 bits per heavy atom. The summed E-state index contributed by atoms with van der Waals surface area (Å²) < 4.78 is 0. The molecule has 1 aromatic carbocycles. The number of aliphatic hydroxyl groups excluding tert-OH is 2. The number of hydrogen-bond acceptors (Lipinski definition) is 3. The lowest BCUT2D eigenvalue weighted by Crippen LogP contribution is -2.70. The van der Waals surface area contributed by atoms with Crippen molar-refractivity contribution in [2.24, 2.45) is 0 Å². The largest absolute Gasteiger partial charge is 0.500 e. The van der Waals surface area contributed by atoms with Crippen molar-refractivity contribution in [1.82, 2.24) is 0 Å². The minimum Gasteiger partial charge on any atom is -0.500 e. The molecule has 0 saturated heterocycles. The van der Waals surface area contributed by atoms with Crippen LogP contribution in [0.4, 0.5) is 0 Å². The second-order valence-corrected chi connectivity index (χ2v) is 3.55. The monoisotopic (exact) mass is 218 g/mol. The van der Waals surface area contributed by atoms with Gasteiger partial charge in [-0.05, 0) is 5.56 Å². The third-order valence-corrected chi connectivity index (χ3v) is 2.45. The molecule has 1 aliphatic rings. The molecule has 0 bridgehead atoms. The Kier molecular flexibility index (Phi) is 2.83. The highest BCUT2D eigenvalue weighted by Crippen LogP contribution is 2.19. The van der Waals surface area contributed by atoms with E-state index in [-0.39, 0.29) is 23.7 Å². The molecule has 1 unspecified atom stereocenters. The van der Waals surface area contributed by atoms with Crippen molar-refractivity contribution in [3.05, 3.63) is 47.4 Å². The van der Waals surface area contributed by atoms with Crippen LogP contribution in [-0.2, 0) is 4.79 Å². The normalized spacial score (nSPS) is 17.7. The van der Waals surface area contributed by atoms with Crippen molar-refractivity contribution >= 4 is 12.0 Å². The van der Waals surface area contributed by atoms with Crippen LogP contribution in [0.1, 0.15) is 18.1 Å². The van der Waals surface area contributed by atoms with E-state index in [1.165, 1.54) is 6.21 Å². The molecule has 0 amide bonds. The summed E-state index contributed by atoms with van der Waals surface area (Å²) in [6.45, 7) is 0. The van der Waals surface area contributed by atoms with Crippen LogP contribution in [0.2, 0.25) is 0 Å². The van der Waals surface area contributed by atoms with Crippen molar-refractivity contribution in [2.75, 3.05) is 0 Å². The number of aliphatic hydroxyl groups is 2. The van der Waals surface area contributed by atoms with E-state index >= 15 is 0 Å². The summed E-state index contributed by atoms with van der Waals surface area (Å²) in [6, 6.07) is 8.85. The van der Waals surface area contributed by atoms with Crippen LogP contribution in [-0.4, -0.2) is 22.2 Å². The van der Waals surface area contributed by atoms with Crippen LogP contribution in [0.25, 0.3) is 0 Å². The molecular weight excluding hydrogens is 206 g/mol. The van der Waals surface area contributed by atoms with Crippen molar-refractivity contribution in [3.63, 3.8) is 0 Å². The van der Waals surface area contributed by atoms with Gasteiger partial charge in [-0.2, -0.15) is 0 Å². The smallest absolute Gasteiger partial charge is 0.258 e. The molecule has 82 valence electrons. The number of carbonyl (C=O) groups excluding carboxylic acids is 1. The Labute approximate surface area is 92.6 Å². The SMILES string of the molecule is O=C1CC=[NH+]C(C(O)c2ccccc2)=C1O. The quantitative estimate of drug-likeness (QED) is 0.633. The summed E-state index contributed by atoms with van der Waals surface area (Å²) >= 11 is 0. The van der Waals surface area contributed by atoms with Crippen LogP contribution in [0.3, 0.4) is 0 Å². The minimum atomic E-state index is -1.01. The Hall–Kier alpha value is -1.94. The van der Waals surface area contributed by atoms with Gasteiger partial charge in [-0.1, -0.05) is 30.3 Å². The first-order chi connectivity index (χ1) is 7.70. The molecule has 4 heteroatoms. The van der Waals surface area contributed by atoms with Gasteiger partial charge in [0.1, 0.15) is 0 Å². The van der Waals surface area contributed by atoms with E-state index in [0.29, 0.717) is 5.56 Å². The van der Waals surface area contributed by atoms with Crippen LogP contribution in [0, 0.1) is 0 Å². The lowest BCUT2D eigenvalue weighted by Gasteiger charge is -2.10. The van der Waals surface area contributed by atoms with Gasteiger partial charge in [-0.25, -0.2) is 4.99 Å². The predicted molar refractivity (Wildman–Crippen MR) is 57.7 cm³/mol. The summed E-state index contributed by atoms with van der Waals surface area (Å²) in [6.07, 6.45) is 0.641. The van der Waals surface area contributed by atoms with E-state index in [4.69, 9.17) is 0 Å². The molecule has 0 aromatic heterocycles. The summed E-state index contributed by atoms with van der Waals surface area (Å²) in [5.41, 5.74) is 0.766. The maximum atomic E-state index is 11.3. The Morgan fingerprint density at radius 2 is 1.94 bits per heavy atom. The number of allylic oxidation sites excluding steroid dienone is 1. The molecule has 0 saturated carbocycles. The van der Waals surface area contributed by atoms with E-state index in [1.807, 2.05) is 6.07 Å². The maximum Gasteiger partial charge on any atom is 0.258 e. The Bertz CT molecular complexity index is 462. The summed E-state index contributed by atoms with van der Waals surface area (Å²) in [5, 5.41) is 19.5. The fraction of sp³-hybridized carbons (Fsp3) is 0.167. The van der Waals surface area contributed by atoms with Gasteiger partial charge >= 0.3 is 0 Å². The molecule has 0 radical (unpaired) electrons. The second-order valence-electron chi connectivity index (χ2n) is 3.55. The number of ketones is 1. The average molecular weight is 218 g/mol. The van der Waals surface area contributed by atoms with Gasteiger partial charge in [0.05, 0.1) is 6.42 Å². The third kappa shape index (κ3) is 1.87. The fourth-order valence-corrected chi connectivity index (χ4v) is 1.58. The summed E-state index contributed by atoms with van der Waals surface area (Å²) in [7, 11) is 0. The van der Waals surface area contributed by atoms with Gasteiger partial charge in [-0.15, -0.1) is 0 Å². The number of rotatable bonds is 2. The molecule has 2 rings (SSSR count). The molecule has 0 aliphatic carbocycles. The van der Waals surface area contributed by atoms with Crippen LogP contribution >= 0.6 is 0 Å². The highest BCUT2D eigenvalue weighted by Gasteiger charge is 2.29. The summed E-state index contributed by atoms with van der Waals surface area (Å²) in [5.74, 6) is -0.775. The van der Waals surface area contributed by atoms with E-state index in [0.717, 1.165) is 0 Å². The van der Waals surface area contributed by atoms with Gasteiger partial charge < -0.3 is 10.2 Å². The molecule has 1 heterocycles. The second kappa shape index (κ2) is 4.28. The molecule has 16 heavy (non-hydrogen) atoms. The van der Waals surface area contributed by atoms with Gasteiger partial charge in [0.15, 0.2) is 12.3 Å². The van der Waals surface area contributed by atoms with E-state index in [2.05, 4.69) is 4.99 Å². The van der Waals surface area contributed by atoms with Crippen LogP contribution in [0.5, 0.6) is 0 Å². The molecule has 1 atom stereocenters. The highest BCUT2D eigenvalue weighted by molar-refractivity contribution is 6.01. The topological polar surface area (TPSA) is 71.5 Å². The van der Waals surface area contributed by atoms with Crippen molar-refractivity contribution in [3.8, 4) is 0 Å². The number of carbonyl (C=O) groups is 1. The van der Waals surface area contributed by atoms with Crippen molar-refractivity contribution in [1.29, 1.82) is 0 Å². The molecule has 0 spiro atoms. The zero-order valence-electron chi connectivity index (χ0n) is 8.55. The molecule has 0 fully saturated rings. The first-order valence-corrected chi connectivity index (χ1v) is 4.97. The lowest BCUT2D eigenvalue weighted by atomic mass is 10.0. The standard InChI is InChI=1S/C12H11NO3/c14-9-6-7-13-10(12(9)16)11(15)8-4-2-1-3-5-8/h1-5,7,11,15-16H,6H2/p+1. The van der Waals surface area contributed by atoms with E-state index in [9.17, 15) is 15.0 Å². The van der Waals surface area contributed by atoms with Gasteiger partial charge in [0.25, 0.3) is 5.70 Å². The zero-order chi connectivity index (χ0) is 11.5. The minimum absolute atomic E-state index is 0.136. The van der Waals surface area contributed by atoms with Gasteiger partial charge in [0.2, 0.25) is 11.5 Å². The predicted octanol–water partition coefficient (Wildman–Crippen LogP) is -0.386. The third-order valence-electron chi connectivity index (χ3n) is 2.45. The lowest BCUT2D eigenvalue weighted by molar-refractivity contribution is -0.411. The number of Topliss-reactive ketones (excluding diaryl/α,β-unsaturated/α-hetero) is 1. The van der Waals surface area contributed by atoms with Gasteiger partial charge in [0, 0.05) is 0 Å². The molecule has 1 aromatic rings. The number of hydrogen-bond donors (Lipinski definition) is 3. The van der Waals surface area contributed by atoms with Crippen molar-refractivity contribution < 1.29 is 20.0 Å². The summed E-state index contributed by atoms with van der Waals surface area (Å²) in [4.78, 5) is 14.0. The first-order valence-electron chi connectivity index (χ1n) is 4.97. The molecule has 3 N–H and O–H groups in total. The molecular formula is C12H12NO3+. The zero-order valence-corrected chi connectivity index (χ0v) is 8.55.